The second kappa shape index (κ2) is 5.19. The summed E-state index contributed by atoms with van der Waals surface area (Å²) in [4.78, 5) is 6.99. The third-order valence-corrected chi connectivity index (χ3v) is 3.82. The number of rotatable bonds is 4. The van der Waals surface area contributed by atoms with Crippen molar-refractivity contribution < 1.29 is 0 Å². The molecule has 0 amide bonds. The maximum Gasteiger partial charge on any atom is 0.0991 e. The Morgan fingerprint density at radius 2 is 2.38 bits per heavy atom. The van der Waals surface area contributed by atoms with E-state index in [9.17, 15) is 0 Å². The van der Waals surface area contributed by atoms with Crippen LogP contribution in [0.5, 0.6) is 0 Å². The number of H-pyrrole nitrogens is 1. The van der Waals surface area contributed by atoms with Crippen LogP contribution in [0, 0.1) is 0 Å². The molecule has 6 heteroatoms. The maximum atomic E-state index is 6.07. The Bertz CT molecular complexity index is 453. The summed E-state index contributed by atoms with van der Waals surface area (Å²) in [5.74, 6) is 0. The van der Waals surface area contributed by atoms with Crippen LogP contribution < -0.4 is 5.32 Å². The largest absolute Gasteiger partial charge is 0.347 e. The molecule has 0 aliphatic rings. The number of halogens is 2. The Morgan fingerprint density at radius 1 is 1.56 bits per heavy atom. The van der Waals surface area contributed by atoms with Gasteiger partial charge in [-0.15, -0.1) is 11.3 Å². The van der Waals surface area contributed by atoms with Crippen LogP contribution in [-0.4, -0.2) is 9.97 Å². The van der Waals surface area contributed by atoms with Gasteiger partial charge in [-0.05, 0) is 18.6 Å². The van der Waals surface area contributed by atoms with Gasteiger partial charge in [-0.25, -0.2) is 4.98 Å². The molecule has 86 valence electrons. The Balaban J connectivity index is 1.98. The van der Waals surface area contributed by atoms with Crippen LogP contribution in [0.3, 0.4) is 0 Å². The summed E-state index contributed by atoms with van der Waals surface area (Å²) in [5.41, 5.74) is 2.08. The van der Waals surface area contributed by atoms with Crippen molar-refractivity contribution in [3.8, 4) is 0 Å². The van der Waals surface area contributed by atoms with Crippen LogP contribution in [0.25, 0.3) is 0 Å². The normalized spacial score (nSPS) is 12.9. The second-order valence-electron chi connectivity index (χ2n) is 3.46. The van der Waals surface area contributed by atoms with Crippen molar-refractivity contribution in [2.45, 2.75) is 19.5 Å². The number of aromatic amines is 1. The molecule has 0 aliphatic heterocycles. The monoisotopic (exact) mass is 275 g/mol. The molecule has 0 spiro atoms. The van der Waals surface area contributed by atoms with E-state index in [4.69, 9.17) is 23.2 Å². The summed E-state index contributed by atoms with van der Waals surface area (Å²) in [6.45, 7) is 2.78. The molecular formula is C10H11Cl2N3S. The zero-order valence-corrected chi connectivity index (χ0v) is 11.0. The molecule has 0 aliphatic carbocycles. The highest BCUT2D eigenvalue weighted by molar-refractivity contribution is 7.20. The number of thiophene rings is 1. The van der Waals surface area contributed by atoms with E-state index in [0.717, 1.165) is 26.5 Å². The SMILES string of the molecule is CC(NCc1cnc[nH]1)c1cc(Cl)sc1Cl. The fraction of sp³-hybridized carbons (Fsp3) is 0.300. The van der Waals surface area contributed by atoms with E-state index in [1.807, 2.05) is 6.07 Å². The molecule has 3 nitrogen and oxygen atoms in total. The Hall–Kier alpha value is -0.550. The van der Waals surface area contributed by atoms with Gasteiger partial charge in [0.25, 0.3) is 0 Å². The number of nitrogens with one attached hydrogen (secondary N) is 2. The van der Waals surface area contributed by atoms with Gasteiger partial charge < -0.3 is 10.3 Å². The highest BCUT2D eigenvalue weighted by atomic mass is 35.5. The molecule has 0 radical (unpaired) electrons. The number of hydrogen-bond donors (Lipinski definition) is 2. The number of imidazole rings is 1. The van der Waals surface area contributed by atoms with Crippen LogP contribution in [0.15, 0.2) is 18.6 Å². The van der Waals surface area contributed by atoms with E-state index in [-0.39, 0.29) is 6.04 Å². The summed E-state index contributed by atoms with van der Waals surface area (Å²) in [5, 5.41) is 3.35. The Morgan fingerprint density at radius 3 is 2.94 bits per heavy atom. The van der Waals surface area contributed by atoms with E-state index in [1.165, 1.54) is 11.3 Å². The molecule has 1 atom stereocenters. The Kier molecular flexibility index (Phi) is 3.86. The molecule has 2 aromatic heterocycles. The van der Waals surface area contributed by atoms with E-state index < -0.39 is 0 Å². The molecule has 2 heterocycles. The van der Waals surface area contributed by atoms with Crippen LogP contribution >= 0.6 is 34.5 Å². The highest BCUT2D eigenvalue weighted by Crippen LogP contribution is 2.34. The second-order valence-corrected chi connectivity index (χ2v) is 5.74. The fourth-order valence-electron chi connectivity index (χ4n) is 1.40. The summed E-state index contributed by atoms with van der Waals surface area (Å²) in [6, 6.07) is 2.07. The molecule has 0 bridgehead atoms. The molecule has 0 saturated carbocycles. The average molecular weight is 276 g/mol. The first-order valence-electron chi connectivity index (χ1n) is 4.82. The van der Waals surface area contributed by atoms with Gasteiger partial charge in [-0.3, -0.25) is 0 Å². The smallest absolute Gasteiger partial charge is 0.0991 e. The minimum atomic E-state index is 0.166. The molecular weight excluding hydrogens is 265 g/mol. The standard InChI is InChI=1S/C10H11Cl2N3S/c1-6(8-2-9(11)16-10(8)12)14-4-7-3-13-5-15-7/h2-3,5-6,14H,4H2,1H3,(H,13,15). The predicted octanol–water partition coefficient (Wildman–Crippen LogP) is 3.63. The molecule has 0 saturated heterocycles. The molecule has 1 unspecified atom stereocenters. The van der Waals surface area contributed by atoms with Gasteiger partial charge in [0.05, 0.1) is 15.0 Å². The molecule has 0 fully saturated rings. The van der Waals surface area contributed by atoms with E-state index >= 15 is 0 Å². The van der Waals surface area contributed by atoms with E-state index in [2.05, 4.69) is 22.2 Å². The van der Waals surface area contributed by atoms with Gasteiger partial charge in [0.15, 0.2) is 0 Å². The van der Waals surface area contributed by atoms with E-state index in [1.54, 1.807) is 12.5 Å². The van der Waals surface area contributed by atoms with Gasteiger partial charge in [0.1, 0.15) is 0 Å². The quantitative estimate of drug-likeness (QED) is 0.895. The lowest BCUT2D eigenvalue weighted by Gasteiger charge is -2.12. The topological polar surface area (TPSA) is 40.7 Å². The number of hydrogen-bond acceptors (Lipinski definition) is 3. The highest BCUT2D eigenvalue weighted by Gasteiger charge is 2.12. The minimum absolute atomic E-state index is 0.166. The van der Waals surface area contributed by atoms with Crippen LogP contribution in [0.2, 0.25) is 8.67 Å². The third kappa shape index (κ3) is 2.77. The molecule has 2 aromatic rings. The predicted molar refractivity (Wildman–Crippen MR) is 68.2 cm³/mol. The lowest BCUT2D eigenvalue weighted by atomic mass is 10.2. The number of aromatic nitrogens is 2. The summed E-state index contributed by atoms with van der Waals surface area (Å²) >= 11 is 13.4. The van der Waals surface area contributed by atoms with Gasteiger partial charge in [-0.1, -0.05) is 23.2 Å². The molecule has 16 heavy (non-hydrogen) atoms. The summed E-state index contributed by atoms with van der Waals surface area (Å²) in [6.07, 6.45) is 3.46. The minimum Gasteiger partial charge on any atom is -0.347 e. The van der Waals surface area contributed by atoms with E-state index in [0.29, 0.717) is 0 Å². The average Bonchev–Trinajstić information content (AvgIpc) is 2.84. The van der Waals surface area contributed by atoms with Crippen LogP contribution in [-0.2, 0) is 6.54 Å². The third-order valence-electron chi connectivity index (χ3n) is 2.30. The van der Waals surface area contributed by atoms with Crippen LogP contribution in [0.1, 0.15) is 24.2 Å². The molecule has 2 N–H and O–H groups in total. The first kappa shape index (κ1) is 11.9. The fourth-order valence-corrected chi connectivity index (χ4v) is 3.05. The van der Waals surface area contributed by atoms with Gasteiger partial charge >= 0.3 is 0 Å². The summed E-state index contributed by atoms with van der Waals surface area (Å²) < 4.78 is 1.46. The van der Waals surface area contributed by atoms with Crippen molar-refractivity contribution in [3.05, 3.63) is 38.5 Å². The van der Waals surface area contributed by atoms with Crippen molar-refractivity contribution in [2.75, 3.05) is 0 Å². The first-order valence-corrected chi connectivity index (χ1v) is 6.39. The van der Waals surface area contributed by atoms with Crippen LogP contribution in [0.4, 0.5) is 0 Å². The van der Waals surface area contributed by atoms with Gasteiger partial charge in [-0.2, -0.15) is 0 Å². The van der Waals surface area contributed by atoms with Crippen molar-refractivity contribution in [2.24, 2.45) is 0 Å². The van der Waals surface area contributed by atoms with Crippen molar-refractivity contribution >= 4 is 34.5 Å². The molecule has 0 aromatic carbocycles. The molecule has 2 rings (SSSR count). The Labute approximate surface area is 108 Å². The first-order chi connectivity index (χ1) is 7.66. The van der Waals surface area contributed by atoms with Crippen molar-refractivity contribution in [3.63, 3.8) is 0 Å². The van der Waals surface area contributed by atoms with Gasteiger partial charge in [0.2, 0.25) is 0 Å². The zero-order valence-electron chi connectivity index (χ0n) is 8.63. The lowest BCUT2D eigenvalue weighted by Crippen LogP contribution is -2.17. The maximum absolute atomic E-state index is 6.07. The van der Waals surface area contributed by atoms with Crippen molar-refractivity contribution in [1.29, 1.82) is 0 Å². The number of nitrogens with zero attached hydrogens (tertiary/aromatic N) is 1. The summed E-state index contributed by atoms with van der Waals surface area (Å²) in [7, 11) is 0. The zero-order chi connectivity index (χ0) is 11.5. The van der Waals surface area contributed by atoms with Gasteiger partial charge in [0, 0.05) is 24.5 Å². The lowest BCUT2D eigenvalue weighted by molar-refractivity contribution is 0.570. The van der Waals surface area contributed by atoms with Crippen molar-refractivity contribution in [1.82, 2.24) is 15.3 Å².